The van der Waals surface area contributed by atoms with Crippen molar-refractivity contribution in [1.82, 2.24) is 15.5 Å². The van der Waals surface area contributed by atoms with E-state index >= 15 is 0 Å². The molecular weight excluding hydrogens is 242 g/mol. The van der Waals surface area contributed by atoms with Gasteiger partial charge in [-0.25, -0.2) is 0 Å². The van der Waals surface area contributed by atoms with Gasteiger partial charge in [0.05, 0.1) is 13.0 Å². The third-order valence-corrected chi connectivity index (χ3v) is 3.15. The lowest BCUT2D eigenvalue weighted by Crippen LogP contribution is -2.24. The molecule has 0 saturated heterocycles. The molecule has 0 bridgehead atoms. The zero-order valence-electron chi connectivity index (χ0n) is 10.5. The topological polar surface area (TPSA) is 67.0 Å². The highest BCUT2D eigenvalue weighted by Crippen LogP contribution is 2.25. The molecule has 0 unspecified atom stereocenters. The standard InChI is InChI=1S/C14H15N3O2/c18-14(8-12-3-5-16-17-12)15-9-10-1-2-13-11(7-10)4-6-19-13/h1-3,5,7H,4,6,8-9H2,(H,15,18)(H,16,17). The maximum atomic E-state index is 11.7. The van der Waals surface area contributed by atoms with Crippen LogP contribution >= 0.6 is 0 Å². The monoisotopic (exact) mass is 257 g/mol. The molecule has 0 saturated carbocycles. The molecule has 2 heterocycles. The minimum atomic E-state index is -0.0130. The molecule has 1 aliphatic heterocycles. The van der Waals surface area contributed by atoms with Gasteiger partial charge in [-0.05, 0) is 23.3 Å². The fourth-order valence-corrected chi connectivity index (χ4v) is 2.17. The van der Waals surface area contributed by atoms with E-state index in [-0.39, 0.29) is 5.91 Å². The normalized spacial score (nSPS) is 12.8. The molecular formula is C14H15N3O2. The Kier molecular flexibility index (Phi) is 3.18. The molecule has 5 nitrogen and oxygen atoms in total. The Morgan fingerprint density at radius 3 is 3.21 bits per heavy atom. The number of rotatable bonds is 4. The number of hydrogen-bond donors (Lipinski definition) is 2. The van der Waals surface area contributed by atoms with Crippen molar-refractivity contribution in [1.29, 1.82) is 0 Å². The summed E-state index contributed by atoms with van der Waals surface area (Å²) in [6, 6.07) is 7.85. The molecule has 19 heavy (non-hydrogen) atoms. The van der Waals surface area contributed by atoms with Crippen LogP contribution in [0.25, 0.3) is 0 Å². The summed E-state index contributed by atoms with van der Waals surface area (Å²) < 4.78 is 5.45. The highest BCUT2D eigenvalue weighted by atomic mass is 16.5. The minimum Gasteiger partial charge on any atom is -0.493 e. The number of aromatic amines is 1. The van der Waals surface area contributed by atoms with Crippen molar-refractivity contribution >= 4 is 5.91 Å². The first-order valence-corrected chi connectivity index (χ1v) is 6.31. The average Bonchev–Trinajstić information content (AvgIpc) is 3.06. The van der Waals surface area contributed by atoms with Crippen LogP contribution < -0.4 is 10.1 Å². The van der Waals surface area contributed by atoms with Crippen LogP contribution in [-0.2, 0) is 24.2 Å². The van der Waals surface area contributed by atoms with Crippen LogP contribution in [0.2, 0.25) is 0 Å². The van der Waals surface area contributed by atoms with Gasteiger partial charge in [0, 0.05) is 24.9 Å². The van der Waals surface area contributed by atoms with Gasteiger partial charge in [0.25, 0.3) is 0 Å². The summed E-state index contributed by atoms with van der Waals surface area (Å²) in [6.45, 7) is 1.30. The maximum absolute atomic E-state index is 11.7. The molecule has 1 aromatic heterocycles. The van der Waals surface area contributed by atoms with Crippen LogP contribution in [0.5, 0.6) is 5.75 Å². The second-order valence-corrected chi connectivity index (χ2v) is 4.58. The molecule has 0 atom stereocenters. The highest BCUT2D eigenvalue weighted by molar-refractivity contribution is 5.78. The van der Waals surface area contributed by atoms with Crippen LogP contribution in [0.4, 0.5) is 0 Å². The fourth-order valence-electron chi connectivity index (χ4n) is 2.17. The summed E-state index contributed by atoms with van der Waals surface area (Å²) in [6.07, 6.45) is 2.92. The summed E-state index contributed by atoms with van der Waals surface area (Å²) >= 11 is 0. The number of benzene rings is 1. The van der Waals surface area contributed by atoms with E-state index in [9.17, 15) is 4.79 Å². The SMILES string of the molecule is O=C(Cc1ccn[nH]1)NCc1ccc2c(c1)CCO2. The highest BCUT2D eigenvalue weighted by Gasteiger charge is 2.12. The first-order valence-electron chi connectivity index (χ1n) is 6.31. The number of carbonyl (C=O) groups excluding carboxylic acids is 1. The van der Waals surface area contributed by atoms with Gasteiger partial charge >= 0.3 is 0 Å². The van der Waals surface area contributed by atoms with Gasteiger partial charge in [-0.1, -0.05) is 12.1 Å². The van der Waals surface area contributed by atoms with Gasteiger partial charge < -0.3 is 10.1 Å². The molecule has 3 rings (SSSR count). The van der Waals surface area contributed by atoms with Crippen molar-refractivity contribution in [2.45, 2.75) is 19.4 Å². The van der Waals surface area contributed by atoms with E-state index in [2.05, 4.69) is 21.6 Å². The van der Waals surface area contributed by atoms with Crippen molar-refractivity contribution in [2.75, 3.05) is 6.61 Å². The fraction of sp³-hybridized carbons (Fsp3) is 0.286. The van der Waals surface area contributed by atoms with Gasteiger partial charge in [-0.2, -0.15) is 5.10 Å². The molecule has 2 aromatic rings. The molecule has 1 aliphatic rings. The Hall–Kier alpha value is -2.30. The first kappa shape index (κ1) is 11.8. The molecule has 0 spiro atoms. The number of nitrogens with zero attached hydrogens (tertiary/aromatic N) is 1. The molecule has 5 heteroatoms. The van der Waals surface area contributed by atoms with Crippen LogP contribution in [0.3, 0.4) is 0 Å². The van der Waals surface area contributed by atoms with Gasteiger partial charge in [-0.15, -0.1) is 0 Å². The first-order chi connectivity index (χ1) is 9.31. The lowest BCUT2D eigenvalue weighted by molar-refractivity contribution is -0.120. The van der Waals surface area contributed by atoms with E-state index in [0.29, 0.717) is 13.0 Å². The van der Waals surface area contributed by atoms with E-state index in [0.717, 1.165) is 30.0 Å². The van der Waals surface area contributed by atoms with Crippen LogP contribution in [-0.4, -0.2) is 22.7 Å². The van der Waals surface area contributed by atoms with Crippen LogP contribution in [0.15, 0.2) is 30.5 Å². The second-order valence-electron chi connectivity index (χ2n) is 4.58. The molecule has 0 aliphatic carbocycles. The number of nitrogens with one attached hydrogen (secondary N) is 2. The zero-order valence-corrected chi connectivity index (χ0v) is 10.5. The molecule has 0 fully saturated rings. The molecule has 1 aromatic carbocycles. The number of aromatic nitrogens is 2. The number of amides is 1. The molecule has 1 amide bonds. The third-order valence-electron chi connectivity index (χ3n) is 3.15. The van der Waals surface area contributed by atoms with Gasteiger partial charge in [-0.3, -0.25) is 9.89 Å². The number of fused-ring (bicyclic) bond motifs is 1. The Balaban J connectivity index is 1.56. The Morgan fingerprint density at radius 1 is 1.42 bits per heavy atom. The maximum Gasteiger partial charge on any atom is 0.226 e. The Bertz CT molecular complexity index is 578. The van der Waals surface area contributed by atoms with E-state index < -0.39 is 0 Å². The molecule has 0 radical (unpaired) electrons. The zero-order chi connectivity index (χ0) is 13.1. The van der Waals surface area contributed by atoms with Crippen molar-refractivity contribution in [3.63, 3.8) is 0 Å². The lowest BCUT2D eigenvalue weighted by Gasteiger charge is -2.06. The van der Waals surface area contributed by atoms with Crippen LogP contribution in [0.1, 0.15) is 16.8 Å². The van der Waals surface area contributed by atoms with Gasteiger partial charge in [0.1, 0.15) is 5.75 Å². The quantitative estimate of drug-likeness (QED) is 0.865. The third kappa shape index (κ3) is 2.76. The number of H-pyrrole nitrogens is 1. The molecule has 2 N–H and O–H groups in total. The lowest BCUT2D eigenvalue weighted by atomic mass is 10.1. The number of ether oxygens (including phenoxy) is 1. The van der Waals surface area contributed by atoms with E-state index in [1.165, 1.54) is 5.56 Å². The second kappa shape index (κ2) is 5.14. The van der Waals surface area contributed by atoms with Gasteiger partial charge in [0.15, 0.2) is 0 Å². The Morgan fingerprint density at radius 2 is 2.37 bits per heavy atom. The summed E-state index contributed by atoms with van der Waals surface area (Å²) in [7, 11) is 0. The van der Waals surface area contributed by atoms with Gasteiger partial charge in [0.2, 0.25) is 5.91 Å². The predicted octanol–water partition coefficient (Wildman–Crippen LogP) is 1.20. The summed E-state index contributed by atoms with van der Waals surface area (Å²) in [5.74, 6) is 0.952. The van der Waals surface area contributed by atoms with E-state index in [1.54, 1.807) is 12.3 Å². The van der Waals surface area contributed by atoms with E-state index in [1.807, 2.05) is 12.1 Å². The molecule has 98 valence electrons. The predicted molar refractivity (Wildman–Crippen MR) is 69.8 cm³/mol. The summed E-state index contributed by atoms with van der Waals surface area (Å²) in [4.78, 5) is 11.7. The smallest absolute Gasteiger partial charge is 0.226 e. The minimum absolute atomic E-state index is 0.0130. The summed E-state index contributed by atoms with van der Waals surface area (Å²) in [5, 5.41) is 9.49. The van der Waals surface area contributed by atoms with Crippen molar-refractivity contribution in [2.24, 2.45) is 0 Å². The number of carbonyl (C=O) groups is 1. The summed E-state index contributed by atoms with van der Waals surface area (Å²) in [5.41, 5.74) is 3.14. The van der Waals surface area contributed by atoms with Crippen LogP contribution in [0, 0.1) is 0 Å². The van der Waals surface area contributed by atoms with Crippen molar-refractivity contribution in [3.05, 3.63) is 47.3 Å². The van der Waals surface area contributed by atoms with E-state index in [4.69, 9.17) is 4.74 Å². The van der Waals surface area contributed by atoms with Crippen molar-refractivity contribution in [3.8, 4) is 5.75 Å². The number of hydrogen-bond acceptors (Lipinski definition) is 3. The van der Waals surface area contributed by atoms with Crippen molar-refractivity contribution < 1.29 is 9.53 Å². The Labute approximate surface area is 111 Å². The average molecular weight is 257 g/mol. The largest absolute Gasteiger partial charge is 0.493 e.